The predicted molar refractivity (Wildman–Crippen MR) is 90.3 cm³/mol. The number of aromatic nitrogens is 2. The lowest BCUT2D eigenvalue weighted by atomic mass is 9.82. The third-order valence-corrected chi connectivity index (χ3v) is 4.72. The number of rotatable bonds is 3. The van der Waals surface area contributed by atoms with Crippen molar-refractivity contribution >= 4 is 38.6 Å². The first-order chi connectivity index (χ1) is 9.20. The van der Waals surface area contributed by atoms with Crippen molar-refractivity contribution in [3.63, 3.8) is 0 Å². The Labute approximate surface area is 134 Å². The fraction of sp³-hybridized carbons (Fsp3) is 0.562. The Morgan fingerprint density at radius 1 is 1.30 bits per heavy atom. The van der Waals surface area contributed by atoms with E-state index in [9.17, 15) is 0 Å². The summed E-state index contributed by atoms with van der Waals surface area (Å²) >= 11 is 9.87. The molecule has 0 N–H and O–H groups in total. The molecule has 4 heteroatoms. The Morgan fingerprint density at radius 2 is 1.95 bits per heavy atom. The van der Waals surface area contributed by atoms with E-state index >= 15 is 0 Å². The molecule has 20 heavy (non-hydrogen) atoms. The van der Waals surface area contributed by atoms with Crippen molar-refractivity contribution in [3.05, 3.63) is 28.5 Å². The predicted octanol–water partition coefficient (Wildman–Crippen LogP) is 5.78. The van der Waals surface area contributed by atoms with E-state index in [2.05, 4.69) is 54.3 Å². The first kappa shape index (κ1) is 15.8. The van der Waals surface area contributed by atoms with Gasteiger partial charge in [-0.2, -0.15) is 0 Å². The molecule has 110 valence electrons. The number of hydrogen-bond acceptors (Lipinski definition) is 1. The van der Waals surface area contributed by atoms with Gasteiger partial charge in [-0.3, -0.25) is 0 Å². The van der Waals surface area contributed by atoms with Gasteiger partial charge >= 0.3 is 0 Å². The number of hydrogen-bond donors (Lipinski definition) is 0. The molecule has 0 aliphatic carbocycles. The minimum atomic E-state index is -0.0895. The molecule has 2 nitrogen and oxygen atoms in total. The van der Waals surface area contributed by atoms with Crippen molar-refractivity contribution in [1.29, 1.82) is 0 Å². The van der Waals surface area contributed by atoms with Crippen molar-refractivity contribution in [1.82, 2.24) is 9.55 Å². The van der Waals surface area contributed by atoms with Gasteiger partial charge in [0, 0.05) is 11.0 Å². The van der Waals surface area contributed by atoms with Crippen molar-refractivity contribution in [2.75, 3.05) is 0 Å². The molecule has 0 bridgehead atoms. The highest BCUT2D eigenvalue weighted by Crippen LogP contribution is 2.32. The number of halogens is 2. The maximum absolute atomic E-state index is 6.32. The Hall–Kier alpha value is -0.540. The zero-order valence-corrected chi connectivity index (χ0v) is 15.1. The monoisotopic (exact) mass is 356 g/mol. The van der Waals surface area contributed by atoms with Gasteiger partial charge in [-0.15, -0.1) is 11.6 Å². The van der Waals surface area contributed by atoms with E-state index in [1.807, 2.05) is 19.1 Å². The van der Waals surface area contributed by atoms with Gasteiger partial charge in [0.05, 0.1) is 16.4 Å². The Kier molecular flexibility index (Phi) is 4.50. The largest absolute Gasteiger partial charge is 0.326 e. The van der Waals surface area contributed by atoms with E-state index in [1.54, 1.807) is 0 Å². The molecule has 0 aliphatic rings. The zero-order valence-electron chi connectivity index (χ0n) is 12.7. The van der Waals surface area contributed by atoms with Crippen LogP contribution in [0.15, 0.2) is 22.7 Å². The molecule has 2 rings (SSSR count). The molecule has 2 atom stereocenters. The molecule has 0 spiro atoms. The lowest BCUT2D eigenvalue weighted by molar-refractivity contribution is 0.233. The number of alkyl halides is 1. The van der Waals surface area contributed by atoms with Crippen molar-refractivity contribution < 1.29 is 0 Å². The third-order valence-electron chi connectivity index (χ3n) is 4.03. The number of benzene rings is 1. The van der Waals surface area contributed by atoms with Crippen molar-refractivity contribution in [2.24, 2.45) is 11.3 Å². The summed E-state index contributed by atoms with van der Waals surface area (Å²) in [5.74, 6) is 1.49. The van der Waals surface area contributed by atoms with Crippen LogP contribution >= 0.6 is 27.5 Å². The smallest absolute Gasteiger partial charge is 0.127 e. The summed E-state index contributed by atoms with van der Waals surface area (Å²) in [5.41, 5.74) is 2.42. The second-order valence-corrected chi connectivity index (χ2v) is 8.17. The highest BCUT2D eigenvalue weighted by atomic mass is 79.9. The highest BCUT2D eigenvalue weighted by molar-refractivity contribution is 9.10. The molecule has 1 heterocycles. The minimum absolute atomic E-state index is 0.0895. The first-order valence-electron chi connectivity index (χ1n) is 7.00. The molecule has 0 amide bonds. The summed E-state index contributed by atoms with van der Waals surface area (Å²) in [6.07, 6.45) is 0. The fourth-order valence-electron chi connectivity index (χ4n) is 2.16. The van der Waals surface area contributed by atoms with Gasteiger partial charge in [-0.05, 0) is 36.5 Å². The van der Waals surface area contributed by atoms with Gasteiger partial charge in [0.25, 0.3) is 0 Å². The van der Waals surface area contributed by atoms with Crippen LogP contribution in [0.25, 0.3) is 11.0 Å². The number of nitrogens with zero attached hydrogens (tertiary/aromatic N) is 2. The molecule has 1 aromatic carbocycles. The van der Waals surface area contributed by atoms with E-state index in [0.29, 0.717) is 5.92 Å². The van der Waals surface area contributed by atoms with Crippen molar-refractivity contribution in [2.45, 2.75) is 46.5 Å². The average Bonchev–Trinajstić information content (AvgIpc) is 2.66. The Bertz CT molecular complexity index is 611. The van der Waals surface area contributed by atoms with Crippen LogP contribution in [0, 0.1) is 11.3 Å². The van der Waals surface area contributed by atoms with Gasteiger partial charge < -0.3 is 4.57 Å². The molecular formula is C16H22BrClN2. The van der Waals surface area contributed by atoms with E-state index < -0.39 is 0 Å². The van der Waals surface area contributed by atoms with Crippen LogP contribution in [-0.2, 0) is 6.54 Å². The van der Waals surface area contributed by atoms with Crippen LogP contribution in [0.3, 0.4) is 0 Å². The number of fused-ring (bicyclic) bond motifs is 1. The Balaban J connectivity index is 2.53. The zero-order chi connectivity index (χ0) is 15.1. The van der Waals surface area contributed by atoms with Gasteiger partial charge in [0.1, 0.15) is 5.82 Å². The van der Waals surface area contributed by atoms with Gasteiger partial charge in [0.2, 0.25) is 0 Å². The molecule has 1 aromatic heterocycles. The molecule has 0 aliphatic heterocycles. The minimum Gasteiger partial charge on any atom is -0.326 e. The van der Waals surface area contributed by atoms with Crippen LogP contribution < -0.4 is 0 Å². The standard InChI is InChI=1S/C16H22BrClN2/c1-10(16(3,4)5)9-20-14-8-12(17)6-7-13(14)19-15(20)11(2)18/h6-8,10-11H,9H2,1-5H3. The molecule has 0 fully saturated rings. The molecule has 0 saturated heterocycles. The van der Waals surface area contributed by atoms with E-state index in [0.717, 1.165) is 27.9 Å². The normalized spacial score (nSPS) is 15.6. The van der Waals surface area contributed by atoms with Crippen LogP contribution in [0.2, 0.25) is 0 Å². The summed E-state index contributed by atoms with van der Waals surface area (Å²) in [6, 6.07) is 6.19. The molecule has 2 aromatic rings. The van der Waals surface area contributed by atoms with Gasteiger partial charge in [0.15, 0.2) is 0 Å². The van der Waals surface area contributed by atoms with Crippen LogP contribution in [0.5, 0.6) is 0 Å². The van der Waals surface area contributed by atoms with Crippen LogP contribution in [-0.4, -0.2) is 9.55 Å². The van der Waals surface area contributed by atoms with E-state index in [-0.39, 0.29) is 10.8 Å². The molecule has 2 unspecified atom stereocenters. The topological polar surface area (TPSA) is 17.8 Å². The maximum Gasteiger partial charge on any atom is 0.127 e. The third kappa shape index (κ3) is 3.20. The second-order valence-electron chi connectivity index (χ2n) is 6.60. The summed E-state index contributed by atoms with van der Waals surface area (Å²) in [6.45, 7) is 12.0. The molecular weight excluding hydrogens is 336 g/mol. The average molecular weight is 358 g/mol. The number of imidazole rings is 1. The maximum atomic E-state index is 6.32. The lowest BCUT2D eigenvalue weighted by Gasteiger charge is -2.28. The van der Waals surface area contributed by atoms with E-state index in [1.165, 1.54) is 0 Å². The summed E-state index contributed by atoms with van der Waals surface area (Å²) < 4.78 is 3.34. The van der Waals surface area contributed by atoms with Crippen LogP contribution in [0.1, 0.15) is 45.8 Å². The van der Waals surface area contributed by atoms with Crippen LogP contribution in [0.4, 0.5) is 0 Å². The quantitative estimate of drug-likeness (QED) is 0.636. The molecule has 0 radical (unpaired) electrons. The second kappa shape index (κ2) is 5.69. The van der Waals surface area contributed by atoms with Crippen molar-refractivity contribution in [3.8, 4) is 0 Å². The summed E-state index contributed by atoms with van der Waals surface area (Å²) in [4.78, 5) is 4.70. The van der Waals surface area contributed by atoms with Gasteiger partial charge in [-0.1, -0.05) is 43.6 Å². The summed E-state index contributed by atoms with van der Waals surface area (Å²) in [5, 5.41) is -0.0895. The lowest BCUT2D eigenvalue weighted by Crippen LogP contribution is -2.23. The molecule has 0 saturated carbocycles. The summed E-state index contributed by atoms with van der Waals surface area (Å²) in [7, 11) is 0. The van der Waals surface area contributed by atoms with E-state index in [4.69, 9.17) is 16.6 Å². The SMILES string of the molecule is CC(Cl)c1nc2ccc(Br)cc2n1CC(C)C(C)(C)C. The Morgan fingerprint density at radius 3 is 2.50 bits per heavy atom. The first-order valence-corrected chi connectivity index (χ1v) is 8.23. The van der Waals surface area contributed by atoms with Gasteiger partial charge in [-0.25, -0.2) is 4.98 Å². The highest BCUT2D eigenvalue weighted by Gasteiger charge is 2.23. The fourth-order valence-corrected chi connectivity index (χ4v) is 2.67.